The van der Waals surface area contributed by atoms with Gasteiger partial charge in [-0.3, -0.25) is 0 Å². The van der Waals surface area contributed by atoms with Crippen LogP contribution in [0.2, 0.25) is 0 Å². The lowest BCUT2D eigenvalue weighted by Crippen LogP contribution is -1.93. The van der Waals surface area contributed by atoms with Gasteiger partial charge in [-0.2, -0.15) is 0 Å². The number of hydrogen-bond acceptors (Lipinski definition) is 0. The van der Waals surface area contributed by atoms with Gasteiger partial charge in [0.1, 0.15) is 0 Å². The van der Waals surface area contributed by atoms with Gasteiger partial charge in [0, 0.05) is 0 Å². The fourth-order valence-corrected chi connectivity index (χ4v) is 1.49. The minimum atomic E-state index is 1.21. The molecule has 1 aliphatic carbocycles. The fourth-order valence-electron chi connectivity index (χ4n) is 1.49. The minimum absolute atomic E-state index is 1.21. The Hall–Kier alpha value is -0.780. The van der Waals surface area contributed by atoms with Crippen molar-refractivity contribution in [3.05, 3.63) is 34.9 Å². The summed E-state index contributed by atoms with van der Waals surface area (Å²) in [7, 11) is 0. The Morgan fingerprint density at radius 1 is 1.42 bits per heavy atom. The molecule has 66 valence electrons. The predicted molar refractivity (Wildman–Crippen MR) is 55.1 cm³/mol. The molecule has 1 rings (SSSR count). The highest BCUT2D eigenvalue weighted by Gasteiger charge is 2.05. The quantitative estimate of drug-likeness (QED) is 0.575. The third kappa shape index (κ3) is 2.10. The smallest absolute Gasteiger partial charge is 0.0239 e. The molecule has 0 aliphatic heterocycles. The van der Waals surface area contributed by atoms with E-state index in [1.165, 1.54) is 30.4 Å². The average molecular weight is 162 g/mol. The highest BCUT2D eigenvalue weighted by molar-refractivity contribution is 5.36. The second kappa shape index (κ2) is 4.30. The summed E-state index contributed by atoms with van der Waals surface area (Å²) in [4.78, 5) is 0. The van der Waals surface area contributed by atoms with E-state index in [2.05, 4.69) is 39.0 Å². The first-order chi connectivity index (χ1) is 5.77. The van der Waals surface area contributed by atoms with Gasteiger partial charge in [0.15, 0.2) is 0 Å². The van der Waals surface area contributed by atoms with Gasteiger partial charge in [0.25, 0.3) is 0 Å². The molecule has 0 radical (unpaired) electrons. The van der Waals surface area contributed by atoms with Crippen molar-refractivity contribution >= 4 is 0 Å². The monoisotopic (exact) mass is 162 g/mol. The maximum atomic E-state index is 2.28. The van der Waals surface area contributed by atoms with Gasteiger partial charge in [0.2, 0.25) is 0 Å². The van der Waals surface area contributed by atoms with Crippen LogP contribution in [0.15, 0.2) is 34.9 Å². The first kappa shape index (κ1) is 9.31. The summed E-state index contributed by atoms with van der Waals surface area (Å²) in [5.74, 6) is 0. The van der Waals surface area contributed by atoms with E-state index < -0.39 is 0 Å². The van der Waals surface area contributed by atoms with Crippen LogP contribution in [0.25, 0.3) is 0 Å². The third-order valence-corrected chi connectivity index (χ3v) is 2.63. The summed E-state index contributed by atoms with van der Waals surface area (Å²) in [6.07, 6.45) is 10.4. The molecule has 0 bridgehead atoms. The zero-order valence-corrected chi connectivity index (χ0v) is 8.35. The van der Waals surface area contributed by atoms with Crippen molar-refractivity contribution in [1.82, 2.24) is 0 Å². The van der Waals surface area contributed by atoms with Crippen molar-refractivity contribution in [1.29, 1.82) is 0 Å². The summed E-state index contributed by atoms with van der Waals surface area (Å²) in [5, 5.41) is 0. The van der Waals surface area contributed by atoms with E-state index in [1.54, 1.807) is 5.57 Å². The molecule has 0 aromatic heterocycles. The Bertz CT molecular complexity index is 239. The molecule has 0 fully saturated rings. The summed E-state index contributed by atoms with van der Waals surface area (Å²) in [6.45, 7) is 6.53. The second-order valence-electron chi connectivity index (χ2n) is 3.34. The molecule has 0 amide bonds. The third-order valence-electron chi connectivity index (χ3n) is 2.63. The Morgan fingerprint density at radius 3 is 2.58 bits per heavy atom. The van der Waals surface area contributed by atoms with Crippen LogP contribution in [0.4, 0.5) is 0 Å². The van der Waals surface area contributed by atoms with Crippen molar-refractivity contribution in [2.75, 3.05) is 0 Å². The van der Waals surface area contributed by atoms with E-state index in [-0.39, 0.29) is 0 Å². The molecule has 1 aliphatic rings. The van der Waals surface area contributed by atoms with Gasteiger partial charge in [0.05, 0.1) is 0 Å². The van der Waals surface area contributed by atoms with Gasteiger partial charge in [-0.1, -0.05) is 36.3 Å². The summed E-state index contributed by atoms with van der Waals surface area (Å²) in [6, 6.07) is 0. The van der Waals surface area contributed by atoms with Crippen LogP contribution in [0, 0.1) is 0 Å². The van der Waals surface area contributed by atoms with Crippen molar-refractivity contribution in [2.45, 2.75) is 40.0 Å². The van der Waals surface area contributed by atoms with Crippen LogP contribution >= 0.6 is 0 Å². The molecule has 0 saturated heterocycles. The van der Waals surface area contributed by atoms with Crippen LogP contribution in [0.3, 0.4) is 0 Å². The summed E-state index contributed by atoms with van der Waals surface area (Å²) >= 11 is 0. The maximum absolute atomic E-state index is 2.28. The zero-order chi connectivity index (χ0) is 8.97. The SMILES string of the molecule is CC=C(C)C1=CC=C(CC)CC1. The van der Waals surface area contributed by atoms with Crippen LogP contribution in [0.5, 0.6) is 0 Å². The van der Waals surface area contributed by atoms with Gasteiger partial charge in [-0.05, 0) is 38.7 Å². The number of allylic oxidation sites excluding steroid dienone is 6. The van der Waals surface area contributed by atoms with Crippen LogP contribution in [-0.4, -0.2) is 0 Å². The van der Waals surface area contributed by atoms with Crippen LogP contribution < -0.4 is 0 Å². The lowest BCUT2D eigenvalue weighted by Gasteiger charge is -2.13. The Balaban J connectivity index is 2.73. The standard InChI is InChI=1S/C12H18/c1-4-10(3)12-8-6-11(5-2)7-9-12/h4,6,8H,5,7,9H2,1-3H3. The molecule has 0 aromatic rings. The van der Waals surface area contributed by atoms with Crippen molar-refractivity contribution < 1.29 is 0 Å². The van der Waals surface area contributed by atoms with Crippen LogP contribution in [0.1, 0.15) is 40.0 Å². The molecule has 0 nitrogen and oxygen atoms in total. The molecule has 0 atom stereocenters. The first-order valence-corrected chi connectivity index (χ1v) is 4.79. The summed E-state index contributed by atoms with van der Waals surface area (Å²) in [5.41, 5.74) is 4.53. The van der Waals surface area contributed by atoms with Gasteiger partial charge >= 0.3 is 0 Å². The van der Waals surface area contributed by atoms with E-state index in [9.17, 15) is 0 Å². The van der Waals surface area contributed by atoms with E-state index in [0.29, 0.717) is 0 Å². The van der Waals surface area contributed by atoms with E-state index in [0.717, 1.165) is 0 Å². The van der Waals surface area contributed by atoms with Crippen molar-refractivity contribution in [3.63, 3.8) is 0 Å². The number of hydrogen-bond donors (Lipinski definition) is 0. The average Bonchev–Trinajstić information content (AvgIpc) is 2.17. The lowest BCUT2D eigenvalue weighted by atomic mass is 9.93. The largest absolute Gasteiger partial charge is 0.0844 e. The highest BCUT2D eigenvalue weighted by Crippen LogP contribution is 2.24. The number of rotatable bonds is 2. The molecule has 0 aromatic carbocycles. The predicted octanol–water partition coefficient (Wildman–Crippen LogP) is 4.01. The molecule has 0 unspecified atom stereocenters. The van der Waals surface area contributed by atoms with Gasteiger partial charge < -0.3 is 0 Å². The van der Waals surface area contributed by atoms with Crippen LogP contribution in [-0.2, 0) is 0 Å². The van der Waals surface area contributed by atoms with E-state index in [4.69, 9.17) is 0 Å². The Kier molecular flexibility index (Phi) is 3.33. The minimum Gasteiger partial charge on any atom is -0.0844 e. The first-order valence-electron chi connectivity index (χ1n) is 4.79. The molecule has 0 spiro atoms. The second-order valence-corrected chi connectivity index (χ2v) is 3.34. The molecule has 0 heteroatoms. The Morgan fingerprint density at radius 2 is 2.17 bits per heavy atom. The van der Waals surface area contributed by atoms with Gasteiger partial charge in [-0.25, -0.2) is 0 Å². The topological polar surface area (TPSA) is 0 Å². The van der Waals surface area contributed by atoms with E-state index in [1.807, 2.05) is 0 Å². The molecule has 0 heterocycles. The molecule has 12 heavy (non-hydrogen) atoms. The van der Waals surface area contributed by atoms with E-state index >= 15 is 0 Å². The molecule has 0 N–H and O–H groups in total. The molecule has 0 saturated carbocycles. The summed E-state index contributed by atoms with van der Waals surface area (Å²) < 4.78 is 0. The normalized spacial score (nSPS) is 18.8. The molecular weight excluding hydrogens is 144 g/mol. The molecular formula is C12H18. The maximum Gasteiger partial charge on any atom is -0.0239 e. The highest BCUT2D eigenvalue weighted by atomic mass is 14.1. The van der Waals surface area contributed by atoms with Crippen molar-refractivity contribution in [2.24, 2.45) is 0 Å². The fraction of sp³-hybridized carbons (Fsp3) is 0.500. The van der Waals surface area contributed by atoms with Crippen molar-refractivity contribution in [3.8, 4) is 0 Å². The zero-order valence-electron chi connectivity index (χ0n) is 8.35. The lowest BCUT2D eigenvalue weighted by molar-refractivity contribution is 0.862. The van der Waals surface area contributed by atoms with Gasteiger partial charge in [-0.15, -0.1) is 0 Å². The Labute approximate surface area is 75.7 Å².